The first-order valence-corrected chi connectivity index (χ1v) is 13.8. The van der Waals surface area contributed by atoms with Crippen LogP contribution in [0.15, 0.2) is 60.2 Å². The van der Waals surface area contributed by atoms with Crippen molar-refractivity contribution in [1.29, 1.82) is 0 Å². The van der Waals surface area contributed by atoms with Crippen LogP contribution in [0.1, 0.15) is 46.1 Å². The third-order valence-corrected chi connectivity index (χ3v) is 10.4. The Labute approximate surface area is 220 Å². The molecule has 0 saturated heterocycles. The van der Waals surface area contributed by atoms with Gasteiger partial charge in [0, 0.05) is 37.2 Å². The predicted molar refractivity (Wildman–Crippen MR) is 143 cm³/mol. The largest absolute Gasteiger partial charge is 0.490 e. The molecule has 196 valence electrons. The number of Topliss-reactive ketones (excluding diaryl/α,β-unsaturated/α-hetero) is 1. The summed E-state index contributed by atoms with van der Waals surface area (Å²) in [6, 6.07) is 8.15. The lowest BCUT2D eigenvalue weighted by Crippen LogP contribution is -2.47. The van der Waals surface area contributed by atoms with Crippen LogP contribution >= 0.6 is 0 Å². The summed E-state index contributed by atoms with van der Waals surface area (Å²) in [5, 5.41) is 2.99. The van der Waals surface area contributed by atoms with Crippen LogP contribution in [0.2, 0.25) is 0 Å². The van der Waals surface area contributed by atoms with Crippen molar-refractivity contribution in [3.8, 4) is 5.75 Å². The van der Waals surface area contributed by atoms with E-state index >= 15 is 0 Å². The van der Waals surface area contributed by atoms with Crippen LogP contribution in [-0.2, 0) is 20.7 Å². The molecule has 5 nitrogen and oxygen atoms in total. The highest BCUT2D eigenvalue weighted by Gasteiger charge is 2.66. The van der Waals surface area contributed by atoms with Crippen molar-refractivity contribution in [2.75, 3.05) is 7.11 Å². The first kappa shape index (κ1) is 24.7. The zero-order valence-corrected chi connectivity index (χ0v) is 22.6. The van der Waals surface area contributed by atoms with Crippen molar-refractivity contribution < 1.29 is 19.1 Å². The second kappa shape index (κ2) is 8.42. The molecule has 0 spiro atoms. The van der Waals surface area contributed by atoms with Gasteiger partial charge in [-0.05, 0) is 66.7 Å². The highest BCUT2D eigenvalue weighted by atomic mass is 16.5. The van der Waals surface area contributed by atoms with Gasteiger partial charge in [-0.25, -0.2) is 0 Å². The summed E-state index contributed by atoms with van der Waals surface area (Å²) in [6.45, 7) is 13.5. The number of allylic oxidation sites excluding steroid dienone is 3. The molecule has 3 heterocycles. The van der Waals surface area contributed by atoms with Crippen LogP contribution in [-0.4, -0.2) is 30.6 Å². The summed E-state index contributed by atoms with van der Waals surface area (Å²) in [6.07, 6.45) is 8.45. The van der Waals surface area contributed by atoms with Crippen molar-refractivity contribution in [3.05, 3.63) is 65.8 Å². The number of fused-ring (bicyclic) bond motifs is 4. The second-order valence-corrected chi connectivity index (χ2v) is 12.7. The van der Waals surface area contributed by atoms with Gasteiger partial charge in [0.2, 0.25) is 0 Å². The minimum Gasteiger partial charge on any atom is -0.490 e. The lowest BCUT2D eigenvalue weighted by Gasteiger charge is -2.48. The molecule has 5 heteroatoms. The third-order valence-electron chi connectivity index (χ3n) is 10.4. The number of carbonyl (C=O) groups excluding carboxylic acids is 2. The van der Waals surface area contributed by atoms with Gasteiger partial charge in [-0.15, -0.1) is 6.58 Å². The number of hydrogen-bond donors (Lipinski definition) is 1. The van der Waals surface area contributed by atoms with Gasteiger partial charge in [-0.3, -0.25) is 9.59 Å². The highest BCUT2D eigenvalue weighted by molar-refractivity contribution is 6.22. The average molecular weight is 502 g/mol. The summed E-state index contributed by atoms with van der Waals surface area (Å²) in [7, 11) is 1.58. The maximum Gasteiger partial charge on any atom is 0.257 e. The van der Waals surface area contributed by atoms with Crippen LogP contribution in [0.4, 0.5) is 0 Å². The number of carbonyl (C=O) groups is 2. The summed E-state index contributed by atoms with van der Waals surface area (Å²) < 4.78 is 12.8. The summed E-state index contributed by atoms with van der Waals surface area (Å²) in [5.41, 5.74) is 1.51. The molecule has 2 saturated carbocycles. The fourth-order valence-electron chi connectivity index (χ4n) is 9.40. The number of rotatable bonds is 2. The summed E-state index contributed by atoms with van der Waals surface area (Å²) >= 11 is 0. The van der Waals surface area contributed by atoms with Gasteiger partial charge in [0.1, 0.15) is 11.9 Å². The van der Waals surface area contributed by atoms with E-state index in [1.54, 1.807) is 13.2 Å². The Balaban J connectivity index is 1.59. The number of ketones is 1. The van der Waals surface area contributed by atoms with E-state index in [0.29, 0.717) is 24.2 Å². The molecule has 4 bridgehead atoms. The topological polar surface area (TPSA) is 64.6 Å². The van der Waals surface area contributed by atoms with E-state index in [-0.39, 0.29) is 46.5 Å². The molecule has 37 heavy (non-hydrogen) atoms. The molecule has 9 unspecified atom stereocenters. The number of benzene rings is 1. The van der Waals surface area contributed by atoms with Crippen molar-refractivity contribution in [2.24, 2.45) is 46.8 Å². The fraction of sp³-hybridized carbons (Fsp3) is 0.562. The Morgan fingerprint density at radius 3 is 2.59 bits per heavy atom. The quantitative estimate of drug-likeness (QED) is 0.443. The third kappa shape index (κ3) is 3.53. The SMILES string of the molecule is C=CC1C=C(C)C2C3C(Oc4ccc(cc4)C[C@@]4(OC)C=C(C(=O)N4)C(=O)C13)C1C(C)CC(C)CC21C. The molecule has 6 aliphatic rings. The molecular formula is C32H39NO4. The Kier molecular flexibility index (Phi) is 5.61. The molecule has 3 aliphatic carbocycles. The van der Waals surface area contributed by atoms with Gasteiger partial charge in [-0.1, -0.05) is 50.6 Å². The standard InChI is InChI=1S/C32H39NO4/c1-7-21-13-19(4)26-25-24(21)28(34)23-16-32(36-6,33-30(23)35)15-20-8-10-22(11-9-20)37-29(25)27-18(3)12-17(2)14-31(26,27)5/h7-11,13,16-18,21,24-27,29H,1,12,14-15H2,2-6H3,(H,33,35)/t17?,18?,21?,24?,25?,26?,27?,29?,31?,32-/m1/s1. The molecule has 0 aromatic heterocycles. The molecule has 1 aromatic carbocycles. The number of methoxy groups -OCH3 is 1. The van der Waals surface area contributed by atoms with Crippen molar-refractivity contribution >= 4 is 11.7 Å². The zero-order chi connectivity index (χ0) is 26.3. The fourth-order valence-corrected chi connectivity index (χ4v) is 9.40. The molecule has 2 fully saturated rings. The lowest BCUT2D eigenvalue weighted by molar-refractivity contribution is -0.128. The van der Waals surface area contributed by atoms with Gasteiger partial charge in [0.25, 0.3) is 5.91 Å². The van der Waals surface area contributed by atoms with Crippen LogP contribution < -0.4 is 10.1 Å². The van der Waals surface area contributed by atoms with Crippen molar-refractivity contribution in [2.45, 2.75) is 58.8 Å². The maximum atomic E-state index is 14.5. The molecule has 10 atom stereocenters. The minimum atomic E-state index is -1.04. The van der Waals surface area contributed by atoms with Gasteiger partial charge < -0.3 is 14.8 Å². The second-order valence-electron chi connectivity index (χ2n) is 12.7. The van der Waals surface area contributed by atoms with E-state index in [0.717, 1.165) is 24.2 Å². The van der Waals surface area contributed by atoms with E-state index < -0.39 is 11.6 Å². The molecule has 1 amide bonds. The summed E-state index contributed by atoms with van der Waals surface area (Å²) in [5.74, 6) is 1.37. The van der Waals surface area contributed by atoms with Crippen LogP contribution in [0.3, 0.4) is 0 Å². The van der Waals surface area contributed by atoms with Crippen LogP contribution in [0.5, 0.6) is 5.75 Å². The average Bonchev–Trinajstić information content (AvgIpc) is 3.31. The monoisotopic (exact) mass is 501 g/mol. The van der Waals surface area contributed by atoms with Gasteiger partial charge in [0.05, 0.1) is 5.57 Å². The van der Waals surface area contributed by atoms with Crippen molar-refractivity contribution in [1.82, 2.24) is 5.32 Å². The number of nitrogens with one attached hydrogen (secondary N) is 1. The predicted octanol–water partition coefficient (Wildman–Crippen LogP) is 5.27. The Morgan fingerprint density at radius 2 is 1.92 bits per heavy atom. The number of hydrogen-bond acceptors (Lipinski definition) is 4. The molecular weight excluding hydrogens is 462 g/mol. The molecule has 1 N–H and O–H groups in total. The van der Waals surface area contributed by atoms with Gasteiger partial charge in [-0.2, -0.15) is 0 Å². The van der Waals surface area contributed by atoms with Crippen LogP contribution in [0.25, 0.3) is 0 Å². The number of amides is 1. The lowest BCUT2D eigenvalue weighted by atomic mass is 9.55. The Bertz CT molecular complexity index is 1210. The zero-order valence-electron chi connectivity index (χ0n) is 22.6. The van der Waals surface area contributed by atoms with E-state index in [2.05, 4.69) is 45.7 Å². The van der Waals surface area contributed by atoms with Gasteiger partial charge in [0.15, 0.2) is 11.5 Å². The molecule has 0 radical (unpaired) electrons. The van der Waals surface area contributed by atoms with Crippen molar-refractivity contribution in [3.63, 3.8) is 0 Å². The maximum absolute atomic E-state index is 14.5. The first-order valence-electron chi connectivity index (χ1n) is 13.8. The van der Waals surface area contributed by atoms with E-state index in [4.69, 9.17) is 9.47 Å². The van der Waals surface area contributed by atoms with E-state index in [1.807, 2.05) is 30.3 Å². The summed E-state index contributed by atoms with van der Waals surface area (Å²) in [4.78, 5) is 27.8. The molecule has 1 aromatic rings. The minimum absolute atomic E-state index is 0.0112. The Morgan fingerprint density at radius 1 is 1.19 bits per heavy atom. The van der Waals surface area contributed by atoms with Gasteiger partial charge >= 0.3 is 0 Å². The highest BCUT2D eigenvalue weighted by Crippen LogP contribution is 2.67. The van der Waals surface area contributed by atoms with E-state index in [1.165, 1.54) is 5.57 Å². The smallest absolute Gasteiger partial charge is 0.257 e. The number of ether oxygens (including phenoxy) is 2. The molecule has 7 rings (SSSR count). The Hall–Kier alpha value is -2.66. The molecule has 3 aliphatic heterocycles. The first-order chi connectivity index (χ1) is 17.6. The normalized spacial score (nSPS) is 44.2. The van der Waals surface area contributed by atoms with Crippen LogP contribution in [0, 0.1) is 46.8 Å². The van der Waals surface area contributed by atoms with E-state index in [9.17, 15) is 9.59 Å².